The number of amides is 1. The fourth-order valence-electron chi connectivity index (χ4n) is 4.03. The summed E-state index contributed by atoms with van der Waals surface area (Å²) in [6.07, 6.45) is 3.75. The molecule has 1 aromatic carbocycles. The highest BCUT2D eigenvalue weighted by Gasteiger charge is 2.28. The van der Waals surface area contributed by atoms with Crippen LogP contribution < -0.4 is 10.1 Å². The minimum atomic E-state index is -0.499. The zero-order valence-electron chi connectivity index (χ0n) is 17.3. The number of rotatable bonds is 7. The van der Waals surface area contributed by atoms with E-state index in [-0.39, 0.29) is 11.9 Å². The molecule has 6 heteroatoms. The Balaban J connectivity index is 1.50. The van der Waals surface area contributed by atoms with Gasteiger partial charge in [-0.25, -0.2) is 0 Å². The summed E-state index contributed by atoms with van der Waals surface area (Å²) in [6, 6.07) is 7.45. The molecule has 3 rings (SSSR count). The molecule has 2 aliphatic rings. The van der Waals surface area contributed by atoms with E-state index in [1.165, 1.54) is 25.9 Å². The van der Waals surface area contributed by atoms with Crippen molar-refractivity contribution in [1.29, 1.82) is 0 Å². The number of aliphatic hydroxyl groups is 1. The SMILES string of the molecule is CC(C)N1CCCC(O)C(NC(=O)c2ccc(OCCN3CCCC3)cc2)C1. The molecule has 2 heterocycles. The van der Waals surface area contributed by atoms with Crippen LogP contribution in [0.1, 0.15) is 49.9 Å². The van der Waals surface area contributed by atoms with Gasteiger partial charge in [0, 0.05) is 24.7 Å². The Morgan fingerprint density at radius 2 is 1.89 bits per heavy atom. The van der Waals surface area contributed by atoms with Crippen molar-refractivity contribution in [3.05, 3.63) is 29.8 Å². The third-order valence-corrected chi connectivity index (χ3v) is 5.88. The highest BCUT2D eigenvalue weighted by Crippen LogP contribution is 2.16. The Morgan fingerprint density at radius 3 is 2.57 bits per heavy atom. The molecule has 0 spiro atoms. The third-order valence-electron chi connectivity index (χ3n) is 5.88. The first kappa shape index (κ1) is 21.1. The van der Waals surface area contributed by atoms with Gasteiger partial charge in [-0.05, 0) is 83.4 Å². The van der Waals surface area contributed by atoms with Crippen molar-refractivity contribution in [3.8, 4) is 5.75 Å². The fourth-order valence-corrected chi connectivity index (χ4v) is 4.03. The van der Waals surface area contributed by atoms with E-state index in [0.29, 0.717) is 24.8 Å². The summed E-state index contributed by atoms with van der Waals surface area (Å²) >= 11 is 0. The van der Waals surface area contributed by atoms with Crippen molar-refractivity contribution in [3.63, 3.8) is 0 Å². The molecule has 2 saturated heterocycles. The molecule has 1 aromatic rings. The summed E-state index contributed by atoms with van der Waals surface area (Å²) < 4.78 is 5.81. The first-order chi connectivity index (χ1) is 13.5. The van der Waals surface area contributed by atoms with Gasteiger partial charge in [-0.15, -0.1) is 0 Å². The quantitative estimate of drug-likeness (QED) is 0.748. The van der Waals surface area contributed by atoms with Crippen LogP contribution in [0.5, 0.6) is 5.75 Å². The van der Waals surface area contributed by atoms with E-state index in [9.17, 15) is 9.90 Å². The van der Waals surface area contributed by atoms with Crippen LogP contribution in [0.15, 0.2) is 24.3 Å². The molecule has 0 saturated carbocycles. The average Bonchev–Trinajstić information content (AvgIpc) is 3.13. The summed E-state index contributed by atoms with van der Waals surface area (Å²) in [7, 11) is 0. The van der Waals surface area contributed by atoms with Gasteiger partial charge in [-0.3, -0.25) is 14.6 Å². The first-order valence-corrected chi connectivity index (χ1v) is 10.7. The van der Waals surface area contributed by atoms with Gasteiger partial charge in [-0.2, -0.15) is 0 Å². The van der Waals surface area contributed by atoms with E-state index in [0.717, 1.165) is 31.7 Å². The normalized spacial score (nSPS) is 24.3. The van der Waals surface area contributed by atoms with Crippen LogP contribution in [0.25, 0.3) is 0 Å². The maximum absolute atomic E-state index is 12.7. The van der Waals surface area contributed by atoms with Crippen molar-refractivity contribution in [2.24, 2.45) is 0 Å². The van der Waals surface area contributed by atoms with Crippen LogP contribution in [-0.2, 0) is 0 Å². The number of nitrogens with zero attached hydrogens (tertiary/aromatic N) is 2. The van der Waals surface area contributed by atoms with Gasteiger partial charge in [0.25, 0.3) is 5.91 Å². The number of nitrogens with one attached hydrogen (secondary N) is 1. The summed E-state index contributed by atoms with van der Waals surface area (Å²) in [5, 5.41) is 13.4. The second kappa shape index (κ2) is 10.2. The average molecular weight is 390 g/mol. The largest absolute Gasteiger partial charge is 0.492 e. The molecule has 28 heavy (non-hydrogen) atoms. The smallest absolute Gasteiger partial charge is 0.251 e. The van der Waals surface area contributed by atoms with E-state index in [2.05, 4.69) is 29.0 Å². The molecule has 0 aliphatic carbocycles. The minimum absolute atomic E-state index is 0.140. The van der Waals surface area contributed by atoms with E-state index in [4.69, 9.17) is 4.74 Å². The zero-order valence-corrected chi connectivity index (χ0v) is 17.3. The lowest BCUT2D eigenvalue weighted by atomic mass is 10.1. The fraction of sp³-hybridized carbons (Fsp3) is 0.682. The van der Waals surface area contributed by atoms with Gasteiger partial charge in [0.2, 0.25) is 0 Å². The standard InChI is InChI=1S/C22H35N3O3/c1-17(2)25-13-5-6-21(26)20(16-25)23-22(27)18-7-9-19(10-8-18)28-15-14-24-11-3-4-12-24/h7-10,17,20-21,26H,3-6,11-16H2,1-2H3,(H,23,27). The van der Waals surface area contributed by atoms with Gasteiger partial charge in [0.1, 0.15) is 12.4 Å². The molecule has 6 nitrogen and oxygen atoms in total. The summed E-state index contributed by atoms with van der Waals surface area (Å²) in [4.78, 5) is 17.4. The van der Waals surface area contributed by atoms with Crippen LogP contribution in [-0.4, -0.2) is 78.3 Å². The highest BCUT2D eigenvalue weighted by atomic mass is 16.5. The topological polar surface area (TPSA) is 65.0 Å². The Morgan fingerprint density at radius 1 is 1.18 bits per heavy atom. The number of hydrogen-bond acceptors (Lipinski definition) is 5. The molecule has 156 valence electrons. The molecule has 1 amide bonds. The maximum Gasteiger partial charge on any atom is 0.251 e. The molecule has 0 aromatic heterocycles. The van der Waals surface area contributed by atoms with E-state index < -0.39 is 6.10 Å². The van der Waals surface area contributed by atoms with Crippen LogP contribution in [0, 0.1) is 0 Å². The van der Waals surface area contributed by atoms with Crippen molar-refractivity contribution in [2.45, 2.75) is 57.7 Å². The Labute approximate surface area is 168 Å². The summed E-state index contributed by atoms with van der Waals surface area (Å²) in [5.74, 6) is 0.648. The van der Waals surface area contributed by atoms with E-state index >= 15 is 0 Å². The number of carbonyl (C=O) groups excluding carboxylic acids is 1. The van der Waals surface area contributed by atoms with Crippen molar-refractivity contribution < 1.29 is 14.6 Å². The Kier molecular flexibility index (Phi) is 7.71. The zero-order chi connectivity index (χ0) is 19.9. The van der Waals surface area contributed by atoms with Crippen molar-refractivity contribution in [2.75, 3.05) is 39.3 Å². The van der Waals surface area contributed by atoms with Crippen LogP contribution >= 0.6 is 0 Å². The van der Waals surface area contributed by atoms with Gasteiger partial charge < -0.3 is 15.2 Å². The first-order valence-electron chi connectivity index (χ1n) is 10.7. The van der Waals surface area contributed by atoms with Crippen molar-refractivity contribution >= 4 is 5.91 Å². The predicted octanol–water partition coefficient (Wildman–Crippen LogP) is 2.12. The lowest BCUT2D eigenvalue weighted by Gasteiger charge is -2.29. The van der Waals surface area contributed by atoms with Crippen molar-refractivity contribution in [1.82, 2.24) is 15.1 Å². The number of ether oxygens (including phenoxy) is 1. The number of carbonyl (C=O) groups is 1. The second-order valence-corrected chi connectivity index (χ2v) is 8.30. The molecule has 0 bridgehead atoms. The number of benzene rings is 1. The van der Waals surface area contributed by atoms with E-state index in [1.807, 2.05) is 12.1 Å². The molecule has 2 unspecified atom stereocenters. The molecule has 0 radical (unpaired) electrons. The van der Waals surface area contributed by atoms with Crippen LogP contribution in [0.2, 0.25) is 0 Å². The Hall–Kier alpha value is -1.63. The monoisotopic (exact) mass is 389 g/mol. The molecule has 2 N–H and O–H groups in total. The lowest BCUT2D eigenvalue weighted by molar-refractivity contribution is 0.0786. The molecule has 2 aliphatic heterocycles. The van der Waals surface area contributed by atoms with Gasteiger partial charge in [-0.1, -0.05) is 0 Å². The third kappa shape index (κ3) is 5.93. The molecular weight excluding hydrogens is 354 g/mol. The number of hydrogen-bond donors (Lipinski definition) is 2. The maximum atomic E-state index is 12.7. The lowest BCUT2D eigenvalue weighted by Crippen LogP contribution is -2.50. The number of likely N-dealkylation sites (tertiary alicyclic amines) is 2. The summed E-state index contributed by atoms with van der Waals surface area (Å²) in [6.45, 7) is 9.91. The number of aliphatic hydroxyl groups excluding tert-OH is 1. The predicted molar refractivity (Wildman–Crippen MR) is 111 cm³/mol. The summed E-state index contributed by atoms with van der Waals surface area (Å²) in [5.41, 5.74) is 0.597. The van der Waals surface area contributed by atoms with Crippen LogP contribution in [0.3, 0.4) is 0 Å². The van der Waals surface area contributed by atoms with Gasteiger partial charge in [0.15, 0.2) is 0 Å². The second-order valence-electron chi connectivity index (χ2n) is 8.30. The molecule has 2 atom stereocenters. The van der Waals surface area contributed by atoms with Crippen LogP contribution in [0.4, 0.5) is 0 Å². The highest BCUT2D eigenvalue weighted by molar-refractivity contribution is 5.94. The Bertz CT molecular complexity index is 614. The minimum Gasteiger partial charge on any atom is -0.492 e. The van der Waals surface area contributed by atoms with Gasteiger partial charge >= 0.3 is 0 Å². The molecular formula is C22H35N3O3. The van der Waals surface area contributed by atoms with E-state index in [1.54, 1.807) is 12.1 Å². The van der Waals surface area contributed by atoms with Gasteiger partial charge in [0.05, 0.1) is 12.1 Å². The molecule has 2 fully saturated rings.